The maximum atomic E-state index is 6.37. The molecule has 0 saturated heterocycles. The van der Waals surface area contributed by atoms with Gasteiger partial charge in [0.2, 0.25) is 0 Å². The van der Waals surface area contributed by atoms with Gasteiger partial charge >= 0.3 is 0 Å². The Morgan fingerprint density at radius 2 is 1.43 bits per heavy atom. The summed E-state index contributed by atoms with van der Waals surface area (Å²) in [4.78, 5) is 0. The summed E-state index contributed by atoms with van der Waals surface area (Å²) in [6.45, 7) is 14.4. The largest absolute Gasteiger partial charge is 0.459 e. The van der Waals surface area contributed by atoms with Crippen LogP contribution in [0.4, 0.5) is 0 Å². The molecular weight excluding hydrogens is 423 g/mol. The zero-order chi connectivity index (χ0) is 24.4. The summed E-state index contributed by atoms with van der Waals surface area (Å²) in [5.74, 6) is 1.49. The van der Waals surface area contributed by atoms with E-state index in [2.05, 4.69) is 106 Å². The van der Waals surface area contributed by atoms with Gasteiger partial charge in [0.15, 0.2) is 0 Å². The molecule has 0 atom stereocenters. The normalized spacial score (nSPS) is 13.8. The highest BCUT2D eigenvalue weighted by atomic mass is 16.5. The molecule has 168 valence electrons. The Hall–Kier alpha value is -4.30. The molecule has 5 rings (SSSR count). The second-order valence-corrected chi connectivity index (χ2v) is 8.77. The van der Waals surface area contributed by atoms with E-state index in [1.165, 1.54) is 27.7 Å². The molecule has 1 aliphatic rings. The van der Waals surface area contributed by atoms with Crippen molar-refractivity contribution in [2.24, 2.45) is 0 Å². The number of allylic oxidation sites excluding steroid dienone is 3. The predicted octanol–water partition coefficient (Wildman–Crippen LogP) is 7.14. The summed E-state index contributed by atoms with van der Waals surface area (Å²) in [6, 6.07) is 31.8. The van der Waals surface area contributed by atoms with Crippen molar-refractivity contribution in [3.8, 4) is 28.0 Å². The zero-order valence-corrected chi connectivity index (χ0v) is 20.0. The van der Waals surface area contributed by atoms with E-state index in [4.69, 9.17) is 4.74 Å². The minimum atomic E-state index is -0.0168. The highest BCUT2D eigenvalue weighted by molar-refractivity contribution is 6.93. The fourth-order valence-corrected chi connectivity index (χ4v) is 5.09. The van der Waals surface area contributed by atoms with Crippen molar-refractivity contribution in [1.82, 2.24) is 0 Å². The average Bonchev–Trinajstić information content (AvgIpc) is 2.90. The lowest BCUT2D eigenvalue weighted by molar-refractivity contribution is 0.443. The van der Waals surface area contributed by atoms with E-state index in [0.717, 1.165) is 27.8 Å². The molecule has 4 aromatic carbocycles. The Labute approximate surface area is 208 Å². The number of benzene rings is 4. The summed E-state index contributed by atoms with van der Waals surface area (Å²) in [5.41, 5.74) is 10.3. The zero-order valence-electron chi connectivity index (χ0n) is 20.0. The molecule has 35 heavy (non-hydrogen) atoms. The van der Waals surface area contributed by atoms with Gasteiger partial charge in [0.25, 0.3) is 6.71 Å². The quantitative estimate of drug-likeness (QED) is 0.294. The number of fused-ring (bicyclic) bond motifs is 1. The smallest absolute Gasteiger partial charge is 0.251 e. The third-order valence-corrected chi connectivity index (χ3v) is 6.65. The van der Waals surface area contributed by atoms with Gasteiger partial charge in [-0.25, -0.2) is 0 Å². The third-order valence-electron chi connectivity index (χ3n) is 6.65. The van der Waals surface area contributed by atoms with Crippen molar-refractivity contribution in [3.63, 3.8) is 0 Å². The van der Waals surface area contributed by atoms with E-state index in [0.29, 0.717) is 5.76 Å². The summed E-state index contributed by atoms with van der Waals surface area (Å²) in [7, 11) is 0. The van der Waals surface area contributed by atoms with Crippen LogP contribution in [0.3, 0.4) is 0 Å². The van der Waals surface area contributed by atoms with Gasteiger partial charge in [-0.15, -0.1) is 0 Å². The topological polar surface area (TPSA) is 9.23 Å². The lowest BCUT2D eigenvalue weighted by Crippen LogP contribution is -2.50. The lowest BCUT2D eigenvalue weighted by Gasteiger charge is -2.31. The molecule has 0 bridgehead atoms. The highest BCUT2D eigenvalue weighted by Crippen LogP contribution is 2.36. The molecule has 0 aromatic heterocycles. The van der Waals surface area contributed by atoms with Crippen LogP contribution < -0.4 is 15.7 Å². The van der Waals surface area contributed by atoms with Crippen LogP contribution in [0.25, 0.3) is 28.3 Å². The van der Waals surface area contributed by atoms with Crippen LogP contribution in [0, 0.1) is 6.92 Å². The van der Waals surface area contributed by atoms with E-state index >= 15 is 0 Å². The van der Waals surface area contributed by atoms with Gasteiger partial charge in [-0.3, -0.25) is 0 Å². The molecule has 1 heterocycles. The van der Waals surface area contributed by atoms with E-state index in [-0.39, 0.29) is 6.71 Å². The number of rotatable bonds is 5. The van der Waals surface area contributed by atoms with Gasteiger partial charge < -0.3 is 4.74 Å². The van der Waals surface area contributed by atoms with Gasteiger partial charge in [-0.2, -0.15) is 0 Å². The Morgan fingerprint density at radius 3 is 2.14 bits per heavy atom. The van der Waals surface area contributed by atoms with Crippen LogP contribution in [-0.2, 0) is 0 Å². The fraction of sp³-hybridized carbons (Fsp3) is 0.0303. The van der Waals surface area contributed by atoms with Gasteiger partial charge in [-0.1, -0.05) is 134 Å². The number of hydrogen-bond donors (Lipinski definition) is 0. The fourth-order valence-electron chi connectivity index (χ4n) is 5.09. The molecule has 2 heteroatoms. The molecule has 0 radical (unpaired) electrons. The van der Waals surface area contributed by atoms with E-state index in [1.54, 1.807) is 6.08 Å². The summed E-state index contributed by atoms with van der Waals surface area (Å²) < 4.78 is 6.37. The first-order valence-corrected chi connectivity index (χ1v) is 11.8. The second kappa shape index (κ2) is 9.52. The molecule has 1 nitrogen and oxygen atoms in total. The molecule has 0 N–H and O–H groups in total. The number of ether oxygens (including phenoxy) is 1. The minimum Gasteiger partial charge on any atom is -0.459 e. The molecule has 0 spiro atoms. The molecule has 0 unspecified atom stereocenters. The molecule has 0 saturated carbocycles. The summed E-state index contributed by atoms with van der Waals surface area (Å²) in [6.07, 6.45) is 5.73. The molecule has 1 aliphatic heterocycles. The van der Waals surface area contributed by atoms with Gasteiger partial charge in [0.1, 0.15) is 11.5 Å². The van der Waals surface area contributed by atoms with E-state index in [1.807, 2.05) is 24.3 Å². The number of hydrogen-bond acceptors (Lipinski definition) is 1. The Kier molecular flexibility index (Phi) is 6.12. The summed E-state index contributed by atoms with van der Waals surface area (Å²) in [5, 5.41) is 0. The van der Waals surface area contributed by atoms with Crippen LogP contribution in [0.2, 0.25) is 0 Å². The van der Waals surface area contributed by atoms with Gasteiger partial charge in [0, 0.05) is 0 Å². The standard InChI is InChI=1S/C33H27BO/c1-5-14-30-24(4)35-32-22-27(29-19-12-11-18-28(29)26-16-8-7-9-17-26)21-23(3)33(32)34(30)31-20-13-10-15-25(31)6-2/h5-22H,1-2,4H2,3H3/b30-14+. The van der Waals surface area contributed by atoms with Crippen molar-refractivity contribution >= 4 is 23.7 Å². The number of aryl methyl sites for hydroxylation is 1. The van der Waals surface area contributed by atoms with E-state index in [9.17, 15) is 0 Å². The maximum absolute atomic E-state index is 6.37. The first kappa shape index (κ1) is 22.5. The molecular formula is C33H27BO. The SMILES string of the molecule is C=C/C=C1/B(c2ccccc2C=C)c2c(C)cc(-c3ccccc3-c3ccccc3)cc2OC1=C. The van der Waals surface area contributed by atoms with Crippen LogP contribution in [0.5, 0.6) is 5.75 Å². The Morgan fingerprint density at radius 1 is 0.771 bits per heavy atom. The molecule has 4 aromatic rings. The summed E-state index contributed by atoms with van der Waals surface area (Å²) >= 11 is 0. The molecule has 0 fully saturated rings. The van der Waals surface area contributed by atoms with Crippen LogP contribution in [0.15, 0.2) is 134 Å². The van der Waals surface area contributed by atoms with Crippen LogP contribution in [0.1, 0.15) is 11.1 Å². The Bertz CT molecular complexity index is 1480. The molecule has 0 amide bonds. The van der Waals surface area contributed by atoms with Gasteiger partial charge in [-0.05, 0) is 51.7 Å². The van der Waals surface area contributed by atoms with Crippen molar-refractivity contribution in [2.75, 3.05) is 0 Å². The average molecular weight is 450 g/mol. The van der Waals surface area contributed by atoms with Crippen molar-refractivity contribution in [2.45, 2.75) is 6.92 Å². The van der Waals surface area contributed by atoms with Crippen LogP contribution in [-0.4, -0.2) is 6.71 Å². The minimum absolute atomic E-state index is 0.0168. The Balaban J connectivity index is 1.73. The van der Waals surface area contributed by atoms with Crippen molar-refractivity contribution in [3.05, 3.63) is 145 Å². The van der Waals surface area contributed by atoms with Gasteiger partial charge in [0.05, 0.1) is 0 Å². The third kappa shape index (κ3) is 4.09. The van der Waals surface area contributed by atoms with Crippen LogP contribution >= 0.6 is 0 Å². The first-order chi connectivity index (χ1) is 17.1. The highest BCUT2D eigenvalue weighted by Gasteiger charge is 2.36. The molecule has 0 aliphatic carbocycles. The maximum Gasteiger partial charge on any atom is 0.251 e. The second-order valence-electron chi connectivity index (χ2n) is 8.77. The first-order valence-electron chi connectivity index (χ1n) is 11.8. The van der Waals surface area contributed by atoms with E-state index < -0.39 is 0 Å². The van der Waals surface area contributed by atoms with Crippen molar-refractivity contribution < 1.29 is 4.74 Å². The van der Waals surface area contributed by atoms with Crippen molar-refractivity contribution in [1.29, 1.82) is 0 Å². The lowest BCUT2D eigenvalue weighted by atomic mass is 9.33. The predicted molar refractivity (Wildman–Crippen MR) is 152 cm³/mol. The monoisotopic (exact) mass is 450 g/mol.